The molecule has 0 fully saturated rings. The van der Waals surface area contributed by atoms with Crippen molar-refractivity contribution in [2.75, 3.05) is 0 Å². The van der Waals surface area contributed by atoms with E-state index >= 15 is 0 Å². The monoisotopic (exact) mass is 300 g/mol. The van der Waals surface area contributed by atoms with Gasteiger partial charge in [0, 0.05) is 11.3 Å². The molecule has 1 aromatic carbocycles. The molecule has 0 saturated carbocycles. The van der Waals surface area contributed by atoms with Gasteiger partial charge in [-0.3, -0.25) is 4.79 Å². The first-order valence-electron chi connectivity index (χ1n) is 7.16. The van der Waals surface area contributed by atoms with E-state index in [-0.39, 0.29) is 11.9 Å². The van der Waals surface area contributed by atoms with Gasteiger partial charge in [0.15, 0.2) is 0 Å². The molecule has 108 valence electrons. The second-order valence-electron chi connectivity index (χ2n) is 5.44. The highest BCUT2D eigenvalue weighted by atomic mass is 35.5. The quantitative estimate of drug-likeness (QED) is 0.856. The minimum atomic E-state index is -0.0934. The Labute approximate surface area is 129 Å². The Morgan fingerprint density at radius 3 is 2.95 bits per heavy atom. The van der Waals surface area contributed by atoms with Gasteiger partial charge in [-0.2, -0.15) is 0 Å². The molecule has 1 aliphatic carbocycles. The highest BCUT2D eigenvalue weighted by molar-refractivity contribution is 6.29. The summed E-state index contributed by atoms with van der Waals surface area (Å²) in [5.74, 6) is -0.0934. The van der Waals surface area contributed by atoms with Crippen LogP contribution in [0.2, 0.25) is 5.15 Å². The lowest BCUT2D eigenvalue weighted by Gasteiger charge is -2.26. The fourth-order valence-electron chi connectivity index (χ4n) is 2.90. The van der Waals surface area contributed by atoms with Crippen molar-refractivity contribution < 1.29 is 4.79 Å². The molecular weight excluding hydrogens is 284 g/mol. The SMILES string of the molecule is Cc1cc(C(=O)NC2CCCc3ccccc32)cc(Cl)n1. The topological polar surface area (TPSA) is 42.0 Å². The molecule has 1 aromatic heterocycles. The van der Waals surface area contributed by atoms with Gasteiger partial charge in [0.2, 0.25) is 0 Å². The number of hydrogen-bond donors (Lipinski definition) is 1. The van der Waals surface area contributed by atoms with Crippen LogP contribution in [0, 0.1) is 6.92 Å². The molecule has 3 nitrogen and oxygen atoms in total. The van der Waals surface area contributed by atoms with Crippen molar-refractivity contribution in [2.24, 2.45) is 0 Å². The molecule has 0 spiro atoms. The van der Waals surface area contributed by atoms with Gasteiger partial charge in [-0.05, 0) is 49.4 Å². The van der Waals surface area contributed by atoms with E-state index in [0.717, 1.165) is 25.0 Å². The molecule has 0 bridgehead atoms. The average molecular weight is 301 g/mol. The predicted octanol–water partition coefficient (Wildman–Crippen LogP) is 3.85. The van der Waals surface area contributed by atoms with Gasteiger partial charge in [-0.15, -0.1) is 0 Å². The lowest BCUT2D eigenvalue weighted by atomic mass is 9.87. The first-order valence-corrected chi connectivity index (χ1v) is 7.54. The van der Waals surface area contributed by atoms with E-state index in [1.807, 2.05) is 13.0 Å². The van der Waals surface area contributed by atoms with E-state index < -0.39 is 0 Å². The molecule has 1 unspecified atom stereocenters. The van der Waals surface area contributed by atoms with E-state index in [1.165, 1.54) is 11.1 Å². The van der Waals surface area contributed by atoms with Crippen molar-refractivity contribution in [1.82, 2.24) is 10.3 Å². The van der Waals surface area contributed by atoms with Crippen molar-refractivity contribution in [3.05, 3.63) is 63.9 Å². The van der Waals surface area contributed by atoms with E-state index in [0.29, 0.717) is 10.7 Å². The number of hydrogen-bond acceptors (Lipinski definition) is 2. The number of aryl methyl sites for hydroxylation is 2. The van der Waals surface area contributed by atoms with Gasteiger partial charge >= 0.3 is 0 Å². The molecule has 3 rings (SSSR count). The molecule has 1 N–H and O–H groups in total. The molecule has 21 heavy (non-hydrogen) atoms. The van der Waals surface area contributed by atoms with Crippen LogP contribution in [0.5, 0.6) is 0 Å². The number of fused-ring (bicyclic) bond motifs is 1. The summed E-state index contributed by atoms with van der Waals surface area (Å²) >= 11 is 5.93. The standard InChI is InChI=1S/C17H17ClN2O/c1-11-9-13(10-16(18)19-11)17(21)20-15-8-4-6-12-5-2-3-7-14(12)15/h2-3,5,7,9-10,15H,4,6,8H2,1H3,(H,20,21). The van der Waals surface area contributed by atoms with Crippen LogP contribution in [0.1, 0.15) is 46.1 Å². The average Bonchev–Trinajstić information content (AvgIpc) is 2.46. The summed E-state index contributed by atoms with van der Waals surface area (Å²) in [6.45, 7) is 1.83. The number of carbonyl (C=O) groups is 1. The van der Waals surface area contributed by atoms with Crippen molar-refractivity contribution in [3.8, 4) is 0 Å². The Morgan fingerprint density at radius 2 is 2.14 bits per heavy atom. The number of halogens is 1. The molecular formula is C17H17ClN2O. The summed E-state index contributed by atoms with van der Waals surface area (Å²) in [6, 6.07) is 11.8. The Balaban J connectivity index is 1.82. The van der Waals surface area contributed by atoms with Crippen LogP contribution in [0.25, 0.3) is 0 Å². The molecule has 0 aliphatic heterocycles. The number of amides is 1. The Bertz CT molecular complexity index is 664. The predicted molar refractivity (Wildman–Crippen MR) is 83.6 cm³/mol. The van der Waals surface area contributed by atoms with Crippen LogP contribution >= 0.6 is 11.6 Å². The molecule has 4 heteroatoms. The summed E-state index contributed by atoms with van der Waals surface area (Å²) in [6.07, 6.45) is 3.15. The zero-order valence-corrected chi connectivity index (χ0v) is 12.7. The highest BCUT2D eigenvalue weighted by Gasteiger charge is 2.22. The molecule has 1 aliphatic rings. The van der Waals surface area contributed by atoms with E-state index in [4.69, 9.17) is 11.6 Å². The zero-order chi connectivity index (χ0) is 14.8. The highest BCUT2D eigenvalue weighted by Crippen LogP contribution is 2.29. The minimum Gasteiger partial charge on any atom is -0.345 e. The normalized spacial score (nSPS) is 17.1. The minimum absolute atomic E-state index is 0.0784. The van der Waals surface area contributed by atoms with Crippen LogP contribution in [0.4, 0.5) is 0 Å². The van der Waals surface area contributed by atoms with Crippen LogP contribution in [-0.4, -0.2) is 10.9 Å². The number of nitrogens with zero attached hydrogens (tertiary/aromatic N) is 1. The number of rotatable bonds is 2. The summed E-state index contributed by atoms with van der Waals surface area (Å²) in [7, 11) is 0. The van der Waals surface area contributed by atoms with Crippen molar-refractivity contribution in [2.45, 2.75) is 32.2 Å². The second kappa shape index (κ2) is 5.86. The summed E-state index contributed by atoms with van der Waals surface area (Å²) in [5, 5.41) is 3.47. The van der Waals surface area contributed by atoms with E-state index in [9.17, 15) is 4.79 Å². The second-order valence-corrected chi connectivity index (χ2v) is 5.82. The van der Waals surface area contributed by atoms with Gasteiger partial charge in [-0.1, -0.05) is 35.9 Å². The van der Waals surface area contributed by atoms with Gasteiger partial charge in [0.05, 0.1) is 6.04 Å². The number of carbonyl (C=O) groups excluding carboxylic acids is 1. The van der Waals surface area contributed by atoms with Gasteiger partial charge in [-0.25, -0.2) is 4.98 Å². The van der Waals surface area contributed by atoms with Crippen molar-refractivity contribution in [3.63, 3.8) is 0 Å². The van der Waals surface area contributed by atoms with Crippen LogP contribution < -0.4 is 5.32 Å². The lowest BCUT2D eigenvalue weighted by Crippen LogP contribution is -2.31. The maximum atomic E-state index is 12.4. The van der Waals surface area contributed by atoms with Crippen LogP contribution in [0.3, 0.4) is 0 Å². The summed E-state index contributed by atoms with van der Waals surface area (Å²) in [4.78, 5) is 16.5. The van der Waals surface area contributed by atoms with Gasteiger partial charge in [0.25, 0.3) is 5.91 Å². The van der Waals surface area contributed by atoms with E-state index in [1.54, 1.807) is 12.1 Å². The number of benzene rings is 1. The van der Waals surface area contributed by atoms with Crippen LogP contribution in [0.15, 0.2) is 36.4 Å². The van der Waals surface area contributed by atoms with Crippen molar-refractivity contribution in [1.29, 1.82) is 0 Å². The zero-order valence-electron chi connectivity index (χ0n) is 11.9. The Kier molecular flexibility index (Phi) is 3.93. The largest absolute Gasteiger partial charge is 0.345 e. The fourth-order valence-corrected chi connectivity index (χ4v) is 3.16. The number of pyridine rings is 1. The van der Waals surface area contributed by atoms with Crippen molar-refractivity contribution >= 4 is 17.5 Å². The number of nitrogens with one attached hydrogen (secondary N) is 1. The van der Waals surface area contributed by atoms with Gasteiger partial charge < -0.3 is 5.32 Å². The fraction of sp³-hybridized carbons (Fsp3) is 0.294. The summed E-state index contributed by atoms with van der Waals surface area (Å²) in [5.41, 5.74) is 3.87. The number of aromatic nitrogens is 1. The molecule has 0 saturated heterocycles. The first kappa shape index (κ1) is 14.1. The molecule has 0 radical (unpaired) electrons. The molecule has 1 atom stereocenters. The third-order valence-corrected chi connectivity index (χ3v) is 4.05. The molecule has 2 aromatic rings. The Morgan fingerprint density at radius 1 is 1.33 bits per heavy atom. The maximum absolute atomic E-state index is 12.4. The smallest absolute Gasteiger partial charge is 0.251 e. The van der Waals surface area contributed by atoms with Gasteiger partial charge in [0.1, 0.15) is 5.15 Å². The van der Waals surface area contributed by atoms with E-state index in [2.05, 4.69) is 28.5 Å². The molecule has 1 amide bonds. The summed E-state index contributed by atoms with van der Waals surface area (Å²) < 4.78 is 0. The molecule has 1 heterocycles. The van der Waals surface area contributed by atoms with Crippen LogP contribution in [-0.2, 0) is 6.42 Å². The third-order valence-electron chi connectivity index (χ3n) is 3.86. The lowest BCUT2D eigenvalue weighted by molar-refractivity contribution is 0.0932. The Hall–Kier alpha value is -1.87. The first-order chi connectivity index (χ1) is 10.1. The third kappa shape index (κ3) is 3.08. The maximum Gasteiger partial charge on any atom is 0.251 e.